The molecule has 0 radical (unpaired) electrons. The lowest BCUT2D eigenvalue weighted by molar-refractivity contribution is 0.768. The number of hydrogen-bond donors (Lipinski definition) is 0. The molecule has 0 amide bonds. The molecule has 0 fully saturated rings. The maximum Gasteiger partial charge on any atom is 0.0714 e. The molecule has 0 aromatic heterocycles. The molecule has 1 heteroatoms. The lowest BCUT2D eigenvalue weighted by Gasteiger charge is -2.35. The van der Waals surface area contributed by atoms with Crippen molar-refractivity contribution in [3.05, 3.63) is 307 Å². The summed E-state index contributed by atoms with van der Waals surface area (Å²) in [5.41, 5.74) is 19.8. The Balaban J connectivity index is 1.11. The highest BCUT2D eigenvalue weighted by molar-refractivity contribution is 6.22. The second-order valence-electron chi connectivity index (χ2n) is 18.3. The smallest absolute Gasteiger partial charge is 0.0714 e. The zero-order valence-corrected chi connectivity index (χ0v) is 38.6. The summed E-state index contributed by atoms with van der Waals surface area (Å²) in [4.78, 5) is 2.55. The van der Waals surface area contributed by atoms with Crippen molar-refractivity contribution in [3.8, 4) is 55.6 Å². The van der Waals surface area contributed by atoms with E-state index in [-0.39, 0.29) is 0 Å². The van der Waals surface area contributed by atoms with Crippen LogP contribution in [0.5, 0.6) is 0 Å². The quantitative estimate of drug-likeness (QED) is 0.131. The summed E-state index contributed by atoms with van der Waals surface area (Å²) in [6.07, 6.45) is 0. The first-order chi connectivity index (χ1) is 34.7. The Kier molecular flexibility index (Phi) is 10.1. The Hall–Kier alpha value is -9.04. The van der Waals surface area contributed by atoms with Crippen molar-refractivity contribution < 1.29 is 0 Å². The monoisotopic (exact) mass is 889 g/mol. The summed E-state index contributed by atoms with van der Waals surface area (Å²) < 4.78 is 0. The maximum absolute atomic E-state index is 2.55. The van der Waals surface area contributed by atoms with E-state index in [1.807, 2.05) is 0 Å². The minimum Gasteiger partial charge on any atom is -0.309 e. The first kappa shape index (κ1) is 41.2. The lowest BCUT2D eigenvalue weighted by atomic mass is 9.67. The molecule has 0 atom stereocenters. The van der Waals surface area contributed by atoms with Crippen LogP contribution in [0, 0.1) is 0 Å². The minimum atomic E-state index is -0.567. The molecular weight excluding hydrogens is 843 g/mol. The predicted molar refractivity (Wildman–Crippen MR) is 295 cm³/mol. The van der Waals surface area contributed by atoms with E-state index in [0.29, 0.717) is 0 Å². The van der Waals surface area contributed by atoms with Gasteiger partial charge in [-0.1, -0.05) is 249 Å². The molecule has 0 saturated heterocycles. The number of fused-ring (bicyclic) bond motifs is 6. The van der Waals surface area contributed by atoms with Gasteiger partial charge in [0, 0.05) is 22.3 Å². The molecular formula is C69H47N. The van der Waals surface area contributed by atoms with Gasteiger partial charge in [0.25, 0.3) is 0 Å². The van der Waals surface area contributed by atoms with E-state index in [2.05, 4.69) is 290 Å². The van der Waals surface area contributed by atoms with Crippen LogP contribution in [-0.4, -0.2) is 0 Å². The van der Waals surface area contributed by atoms with Gasteiger partial charge in [-0.2, -0.15) is 0 Å². The van der Waals surface area contributed by atoms with Crippen LogP contribution < -0.4 is 4.90 Å². The van der Waals surface area contributed by atoms with Crippen molar-refractivity contribution >= 4 is 38.6 Å². The third kappa shape index (κ3) is 6.78. The first-order valence-corrected chi connectivity index (χ1v) is 24.2. The fourth-order valence-corrected chi connectivity index (χ4v) is 11.4. The number of hydrogen-bond acceptors (Lipinski definition) is 1. The van der Waals surface area contributed by atoms with E-state index in [9.17, 15) is 0 Å². The van der Waals surface area contributed by atoms with Gasteiger partial charge in [-0.25, -0.2) is 0 Å². The average Bonchev–Trinajstić information content (AvgIpc) is 3.75. The number of anilines is 3. The van der Waals surface area contributed by atoms with Crippen LogP contribution in [0.4, 0.5) is 17.1 Å². The van der Waals surface area contributed by atoms with E-state index in [0.717, 1.165) is 28.2 Å². The Morgan fingerprint density at radius 3 is 1.26 bits per heavy atom. The average molecular weight is 890 g/mol. The maximum atomic E-state index is 2.55. The van der Waals surface area contributed by atoms with Crippen molar-refractivity contribution in [1.82, 2.24) is 0 Å². The van der Waals surface area contributed by atoms with Gasteiger partial charge in [0.05, 0.1) is 11.1 Å². The second kappa shape index (κ2) is 17.2. The van der Waals surface area contributed by atoms with E-state index in [4.69, 9.17) is 0 Å². The SMILES string of the molecule is c1ccc(-c2cccc(-c3ccc(N(c4ccc5c(c4)C(c4ccccc4)(c4ccccc4)c4ccccc4-5)c4c(-c5cccc(-c6ccccc6)c5)c5ccccc5c5ccccc45)cc3)c2)cc1. The number of rotatable bonds is 9. The molecule has 1 aliphatic rings. The highest BCUT2D eigenvalue weighted by Gasteiger charge is 2.46. The van der Waals surface area contributed by atoms with Gasteiger partial charge in [0.1, 0.15) is 0 Å². The molecule has 12 aromatic rings. The summed E-state index contributed by atoms with van der Waals surface area (Å²) in [5, 5.41) is 4.83. The van der Waals surface area contributed by atoms with Gasteiger partial charge in [-0.05, 0) is 125 Å². The predicted octanol–water partition coefficient (Wildman–Crippen LogP) is 18.5. The van der Waals surface area contributed by atoms with Crippen molar-refractivity contribution in [1.29, 1.82) is 0 Å². The zero-order valence-electron chi connectivity index (χ0n) is 38.6. The molecule has 0 saturated carbocycles. The van der Waals surface area contributed by atoms with Crippen molar-refractivity contribution in [3.63, 3.8) is 0 Å². The summed E-state index contributed by atoms with van der Waals surface area (Å²) in [5.74, 6) is 0. The van der Waals surface area contributed by atoms with Gasteiger partial charge < -0.3 is 4.90 Å². The van der Waals surface area contributed by atoms with Gasteiger partial charge >= 0.3 is 0 Å². The molecule has 0 bridgehead atoms. The van der Waals surface area contributed by atoms with Crippen LogP contribution >= 0.6 is 0 Å². The van der Waals surface area contributed by atoms with Crippen LogP contribution in [-0.2, 0) is 5.41 Å². The zero-order chi connectivity index (χ0) is 46.4. The van der Waals surface area contributed by atoms with Crippen molar-refractivity contribution in [2.45, 2.75) is 5.41 Å². The third-order valence-electron chi connectivity index (χ3n) is 14.5. The minimum absolute atomic E-state index is 0.567. The third-order valence-corrected chi connectivity index (χ3v) is 14.5. The molecule has 0 aliphatic heterocycles. The second-order valence-corrected chi connectivity index (χ2v) is 18.3. The summed E-state index contributed by atoms with van der Waals surface area (Å²) in [7, 11) is 0. The summed E-state index contributed by atoms with van der Waals surface area (Å²) in [6, 6.07) is 105. The Morgan fingerprint density at radius 1 is 0.243 bits per heavy atom. The topological polar surface area (TPSA) is 3.24 Å². The normalized spacial score (nSPS) is 12.4. The molecule has 328 valence electrons. The molecule has 12 aromatic carbocycles. The standard InChI is InChI=1S/C69H47N/c1-5-21-48(22-6-1)51-25-19-26-52(45-51)50-39-41-57(42-40-50)70(58-43-44-62-61-35-17-18-38-65(61)69(66(62)47-58,55-29-9-3-10-30-55)56-31-11-4-12-32-56)68-64-37-16-14-34-60(64)59-33-13-15-36-63(59)67(68)54-28-20-27-53(46-54)49-23-7-2-8-24-49/h1-47H. The molecule has 0 spiro atoms. The van der Waals surface area contributed by atoms with Gasteiger partial charge in [0.2, 0.25) is 0 Å². The summed E-state index contributed by atoms with van der Waals surface area (Å²) >= 11 is 0. The Bertz CT molecular complexity index is 3820. The highest BCUT2D eigenvalue weighted by atomic mass is 15.1. The lowest BCUT2D eigenvalue weighted by Crippen LogP contribution is -2.28. The Labute approximate surface area is 409 Å². The van der Waals surface area contributed by atoms with Crippen molar-refractivity contribution in [2.75, 3.05) is 4.90 Å². The fraction of sp³-hybridized carbons (Fsp3) is 0.0145. The number of nitrogens with zero attached hydrogens (tertiary/aromatic N) is 1. The molecule has 70 heavy (non-hydrogen) atoms. The van der Waals surface area contributed by atoms with Crippen LogP contribution in [0.2, 0.25) is 0 Å². The molecule has 1 nitrogen and oxygen atoms in total. The Morgan fingerprint density at radius 2 is 0.657 bits per heavy atom. The van der Waals surface area contributed by atoms with Crippen LogP contribution in [0.25, 0.3) is 77.2 Å². The molecule has 0 unspecified atom stereocenters. The van der Waals surface area contributed by atoms with E-state index in [1.54, 1.807) is 0 Å². The largest absolute Gasteiger partial charge is 0.309 e. The van der Waals surface area contributed by atoms with Crippen molar-refractivity contribution in [2.24, 2.45) is 0 Å². The van der Waals surface area contributed by atoms with E-state index < -0.39 is 5.41 Å². The van der Waals surface area contributed by atoms with E-state index >= 15 is 0 Å². The van der Waals surface area contributed by atoms with Crippen LogP contribution in [0.1, 0.15) is 22.3 Å². The van der Waals surface area contributed by atoms with Crippen LogP contribution in [0.15, 0.2) is 285 Å². The highest BCUT2D eigenvalue weighted by Crippen LogP contribution is 2.58. The number of benzene rings is 12. The first-order valence-electron chi connectivity index (χ1n) is 24.2. The fourth-order valence-electron chi connectivity index (χ4n) is 11.4. The molecule has 1 aliphatic carbocycles. The summed E-state index contributed by atoms with van der Waals surface area (Å²) in [6.45, 7) is 0. The molecule has 13 rings (SSSR count). The van der Waals surface area contributed by atoms with E-state index in [1.165, 1.54) is 88.3 Å². The van der Waals surface area contributed by atoms with Gasteiger partial charge in [-0.3, -0.25) is 0 Å². The van der Waals surface area contributed by atoms with Crippen LogP contribution in [0.3, 0.4) is 0 Å². The molecule has 0 heterocycles. The van der Waals surface area contributed by atoms with Gasteiger partial charge in [-0.15, -0.1) is 0 Å². The molecule has 0 N–H and O–H groups in total. The van der Waals surface area contributed by atoms with Gasteiger partial charge in [0.15, 0.2) is 0 Å².